The van der Waals surface area contributed by atoms with Crippen LogP contribution in [0.5, 0.6) is 0 Å². The molecule has 2 rings (SSSR count). The molecule has 1 heterocycles. The summed E-state index contributed by atoms with van der Waals surface area (Å²) in [6.07, 6.45) is 1.24. The lowest BCUT2D eigenvalue weighted by molar-refractivity contribution is -0.164. The van der Waals surface area contributed by atoms with Crippen LogP contribution in [0.3, 0.4) is 0 Å². The van der Waals surface area contributed by atoms with Gasteiger partial charge in [-0.05, 0) is 57.2 Å². The second-order valence-electron chi connectivity index (χ2n) is 9.73. The maximum Gasteiger partial charge on any atom is 0.329 e. The van der Waals surface area contributed by atoms with Crippen molar-refractivity contribution < 1.29 is 19.1 Å². The third-order valence-corrected chi connectivity index (χ3v) is 5.19. The van der Waals surface area contributed by atoms with Crippen molar-refractivity contribution in [1.29, 1.82) is 0 Å². The van der Waals surface area contributed by atoms with Crippen molar-refractivity contribution in [3.63, 3.8) is 0 Å². The lowest BCUT2D eigenvalue weighted by atomic mass is 9.85. The lowest BCUT2D eigenvalue weighted by Gasteiger charge is -2.35. The van der Waals surface area contributed by atoms with E-state index in [1.807, 2.05) is 20.8 Å². The number of esters is 1. The van der Waals surface area contributed by atoms with Gasteiger partial charge < -0.3 is 20.7 Å². The van der Waals surface area contributed by atoms with Crippen LogP contribution in [0.15, 0.2) is 18.2 Å². The number of carbonyl (C=O) groups is 3. The number of nitrogens with two attached hydrogens (primary N) is 1. The monoisotopic (exact) mass is 437 g/mol. The molecule has 0 spiro atoms. The number of likely N-dealkylation sites (tertiary alicyclic amines) is 1. The summed E-state index contributed by atoms with van der Waals surface area (Å²) in [6.45, 7) is 11.4. The van der Waals surface area contributed by atoms with Crippen LogP contribution in [0.25, 0.3) is 0 Å². The van der Waals surface area contributed by atoms with Crippen molar-refractivity contribution in [1.82, 2.24) is 10.2 Å². The van der Waals surface area contributed by atoms with Gasteiger partial charge in [-0.1, -0.05) is 32.4 Å². The second-order valence-corrected chi connectivity index (χ2v) is 10.1. The zero-order valence-electron chi connectivity index (χ0n) is 18.5. The number of nitrogens with one attached hydrogen (secondary N) is 1. The molecule has 1 saturated heterocycles. The summed E-state index contributed by atoms with van der Waals surface area (Å²) >= 11 is 6.03. The summed E-state index contributed by atoms with van der Waals surface area (Å²) in [5.74, 6) is -1.15. The van der Waals surface area contributed by atoms with Crippen LogP contribution in [-0.4, -0.2) is 46.9 Å². The van der Waals surface area contributed by atoms with E-state index in [0.29, 0.717) is 30.6 Å². The third kappa shape index (κ3) is 5.88. The maximum absolute atomic E-state index is 13.4. The Bertz CT molecular complexity index is 827. The highest BCUT2D eigenvalue weighted by Gasteiger charge is 2.43. The van der Waals surface area contributed by atoms with Gasteiger partial charge in [-0.2, -0.15) is 0 Å². The Labute approximate surface area is 183 Å². The van der Waals surface area contributed by atoms with E-state index >= 15 is 0 Å². The number of ether oxygens (including phenoxy) is 1. The fourth-order valence-corrected chi connectivity index (χ4v) is 3.52. The number of rotatable bonds is 4. The largest absolute Gasteiger partial charge is 0.458 e. The van der Waals surface area contributed by atoms with Gasteiger partial charge in [0.25, 0.3) is 5.91 Å². The molecule has 0 aromatic heterocycles. The number of hydrogen-bond acceptors (Lipinski definition) is 5. The maximum atomic E-state index is 13.4. The first-order valence-corrected chi connectivity index (χ1v) is 10.5. The molecule has 166 valence electrons. The van der Waals surface area contributed by atoms with E-state index < -0.39 is 35.0 Å². The molecule has 2 unspecified atom stereocenters. The van der Waals surface area contributed by atoms with Crippen LogP contribution in [0.4, 0.5) is 5.69 Å². The van der Waals surface area contributed by atoms with Crippen LogP contribution in [0, 0.1) is 5.41 Å². The highest BCUT2D eigenvalue weighted by atomic mass is 35.5. The highest BCUT2D eigenvalue weighted by Crippen LogP contribution is 2.28. The molecule has 3 N–H and O–H groups in total. The Hall–Kier alpha value is -2.28. The van der Waals surface area contributed by atoms with E-state index in [0.717, 1.165) is 0 Å². The summed E-state index contributed by atoms with van der Waals surface area (Å²) in [6, 6.07) is 3.09. The van der Waals surface area contributed by atoms with Gasteiger partial charge in [0.1, 0.15) is 17.7 Å². The first-order valence-electron chi connectivity index (χ1n) is 10.1. The van der Waals surface area contributed by atoms with Crippen LogP contribution in [-0.2, 0) is 14.3 Å². The fourth-order valence-electron chi connectivity index (χ4n) is 3.34. The van der Waals surface area contributed by atoms with E-state index in [1.54, 1.807) is 32.9 Å². The van der Waals surface area contributed by atoms with Crippen molar-refractivity contribution in [2.45, 2.75) is 72.1 Å². The third-order valence-electron chi connectivity index (χ3n) is 4.87. The number of nitrogens with zero attached hydrogens (tertiary/aromatic N) is 1. The Morgan fingerprint density at radius 1 is 1.20 bits per heavy atom. The van der Waals surface area contributed by atoms with Gasteiger partial charge >= 0.3 is 5.97 Å². The van der Waals surface area contributed by atoms with Gasteiger partial charge in [0, 0.05) is 12.1 Å². The van der Waals surface area contributed by atoms with Gasteiger partial charge in [0.15, 0.2) is 0 Å². The zero-order valence-corrected chi connectivity index (χ0v) is 19.3. The molecule has 1 aromatic carbocycles. The predicted octanol–water partition coefficient (Wildman–Crippen LogP) is 3.40. The highest BCUT2D eigenvalue weighted by molar-refractivity contribution is 6.33. The minimum atomic E-state index is -0.829. The average molecular weight is 438 g/mol. The smallest absolute Gasteiger partial charge is 0.329 e. The van der Waals surface area contributed by atoms with Crippen molar-refractivity contribution in [3.05, 3.63) is 28.8 Å². The van der Waals surface area contributed by atoms with E-state index in [2.05, 4.69) is 5.32 Å². The summed E-state index contributed by atoms with van der Waals surface area (Å²) in [5.41, 5.74) is 5.17. The molecule has 1 aliphatic heterocycles. The molecule has 0 saturated carbocycles. The minimum Gasteiger partial charge on any atom is -0.458 e. The minimum absolute atomic E-state index is 0.269. The Kier molecular flexibility index (Phi) is 7.07. The average Bonchev–Trinajstić information content (AvgIpc) is 3.08. The van der Waals surface area contributed by atoms with Gasteiger partial charge in [-0.25, -0.2) is 4.79 Å². The number of carbonyl (C=O) groups excluding carboxylic acids is 3. The number of benzene rings is 1. The first-order chi connectivity index (χ1) is 13.7. The van der Waals surface area contributed by atoms with Gasteiger partial charge in [0.2, 0.25) is 5.91 Å². The van der Waals surface area contributed by atoms with Gasteiger partial charge in [0.05, 0.1) is 10.7 Å². The van der Waals surface area contributed by atoms with Crippen LogP contribution in [0.2, 0.25) is 5.02 Å². The Balaban J connectivity index is 2.23. The van der Waals surface area contributed by atoms with Crippen molar-refractivity contribution >= 4 is 35.1 Å². The standard InChI is InChI=1S/C22H32ClN3O4/c1-21(2,3)17(25-18(27)13-9-10-15(24)14(23)12-13)19(28)26-11-7-8-16(26)20(29)30-22(4,5)6/h9-10,12,16-17H,7-8,11,24H2,1-6H3,(H,25,27). The molecule has 0 radical (unpaired) electrons. The van der Waals surface area contributed by atoms with Crippen molar-refractivity contribution in [2.24, 2.45) is 5.41 Å². The lowest BCUT2D eigenvalue weighted by Crippen LogP contribution is -2.57. The van der Waals surface area contributed by atoms with Crippen molar-refractivity contribution in [3.8, 4) is 0 Å². The summed E-state index contributed by atoms with van der Waals surface area (Å²) in [5, 5.41) is 3.09. The summed E-state index contributed by atoms with van der Waals surface area (Å²) in [7, 11) is 0. The van der Waals surface area contributed by atoms with Crippen LogP contribution in [0.1, 0.15) is 64.7 Å². The zero-order chi connectivity index (χ0) is 22.9. The number of anilines is 1. The summed E-state index contributed by atoms with van der Waals surface area (Å²) < 4.78 is 5.50. The van der Waals surface area contributed by atoms with Crippen molar-refractivity contribution in [2.75, 3.05) is 12.3 Å². The SMILES string of the molecule is CC(C)(C)OC(=O)C1CCCN1C(=O)C(NC(=O)c1ccc(N)c(Cl)c1)C(C)(C)C. The molecular weight excluding hydrogens is 406 g/mol. The topological polar surface area (TPSA) is 102 Å². The number of nitrogen functional groups attached to an aromatic ring is 1. The Morgan fingerprint density at radius 2 is 1.83 bits per heavy atom. The molecular formula is C22H32ClN3O4. The van der Waals surface area contributed by atoms with E-state index in [-0.39, 0.29) is 10.9 Å². The fraction of sp³-hybridized carbons (Fsp3) is 0.591. The quantitative estimate of drug-likeness (QED) is 0.555. The molecule has 30 heavy (non-hydrogen) atoms. The predicted molar refractivity (Wildman–Crippen MR) is 117 cm³/mol. The van der Waals surface area contributed by atoms with Gasteiger partial charge in [-0.3, -0.25) is 9.59 Å². The Morgan fingerprint density at radius 3 is 2.37 bits per heavy atom. The molecule has 0 bridgehead atoms. The molecule has 2 atom stereocenters. The molecule has 0 aliphatic carbocycles. The van der Waals surface area contributed by atoms with E-state index in [4.69, 9.17) is 22.1 Å². The number of amides is 2. The van der Waals surface area contributed by atoms with Gasteiger partial charge in [-0.15, -0.1) is 0 Å². The normalized spacial score (nSPS) is 18.1. The van der Waals surface area contributed by atoms with Crippen LogP contribution >= 0.6 is 11.6 Å². The molecule has 1 aromatic rings. The first kappa shape index (κ1) is 24.0. The number of hydrogen-bond donors (Lipinski definition) is 2. The molecule has 7 nitrogen and oxygen atoms in total. The van der Waals surface area contributed by atoms with E-state index in [1.165, 1.54) is 11.0 Å². The molecule has 2 amide bonds. The summed E-state index contributed by atoms with van der Waals surface area (Å²) in [4.78, 5) is 40.4. The molecule has 1 fully saturated rings. The second kappa shape index (κ2) is 8.84. The van der Waals surface area contributed by atoms with E-state index in [9.17, 15) is 14.4 Å². The van der Waals surface area contributed by atoms with Crippen LogP contribution < -0.4 is 11.1 Å². The molecule has 1 aliphatic rings. The molecule has 8 heteroatoms. The number of halogens is 1.